The van der Waals surface area contributed by atoms with E-state index >= 15 is 0 Å². The Morgan fingerprint density at radius 3 is 2.53 bits per heavy atom. The summed E-state index contributed by atoms with van der Waals surface area (Å²) < 4.78 is 1.00. The number of Topliss-reactive ketones (excluding diaryl/α,β-unsaturated/α-hetero) is 1. The van der Waals surface area contributed by atoms with Gasteiger partial charge in [0.15, 0.2) is 5.78 Å². The molecule has 1 aromatic carbocycles. The van der Waals surface area contributed by atoms with Crippen LogP contribution in [0.2, 0.25) is 0 Å². The van der Waals surface area contributed by atoms with Crippen molar-refractivity contribution >= 4 is 27.4 Å². The van der Waals surface area contributed by atoms with Gasteiger partial charge >= 0.3 is 0 Å². The van der Waals surface area contributed by atoms with Gasteiger partial charge < -0.3 is 9.80 Å². The molecular weight excluding hydrogens is 304 g/mol. The van der Waals surface area contributed by atoms with Crippen LogP contribution in [-0.4, -0.2) is 43.9 Å². The van der Waals surface area contributed by atoms with E-state index in [1.165, 1.54) is 18.5 Å². The molecule has 1 aromatic rings. The first kappa shape index (κ1) is 14.5. The van der Waals surface area contributed by atoms with Crippen LogP contribution < -0.4 is 4.90 Å². The number of likely N-dealkylation sites (tertiary alicyclic amines) is 1. The van der Waals surface area contributed by atoms with Crippen LogP contribution in [0.15, 0.2) is 22.7 Å². The zero-order chi connectivity index (χ0) is 14.0. The lowest BCUT2D eigenvalue weighted by atomic mass is 10.0. The number of halogens is 1. The van der Waals surface area contributed by atoms with Crippen LogP contribution in [0.4, 0.5) is 5.69 Å². The maximum atomic E-state index is 11.4. The van der Waals surface area contributed by atoms with Crippen LogP contribution in [0.25, 0.3) is 0 Å². The first-order chi connectivity index (χ1) is 8.99. The number of rotatable bonds is 3. The Morgan fingerprint density at radius 1 is 1.37 bits per heavy atom. The zero-order valence-electron chi connectivity index (χ0n) is 11.8. The second kappa shape index (κ2) is 6.06. The van der Waals surface area contributed by atoms with Crippen LogP contribution in [0.1, 0.15) is 30.1 Å². The van der Waals surface area contributed by atoms with Gasteiger partial charge in [0.2, 0.25) is 0 Å². The van der Waals surface area contributed by atoms with Gasteiger partial charge in [-0.1, -0.05) is 0 Å². The average molecular weight is 325 g/mol. The number of hydrogen-bond acceptors (Lipinski definition) is 3. The van der Waals surface area contributed by atoms with Gasteiger partial charge in [-0.3, -0.25) is 4.79 Å². The molecule has 1 aliphatic rings. The normalized spacial score (nSPS) is 17.5. The fourth-order valence-corrected chi connectivity index (χ4v) is 3.25. The molecule has 0 radical (unpaired) electrons. The van der Waals surface area contributed by atoms with E-state index in [0.29, 0.717) is 6.04 Å². The molecular formula is C15H21BrN2O. The number of benzene rings is 1. The molecule has 0 aliphatic carbocycles. The van der Waals surface area contributed by atoms with Crippen LogP contribution in [0, 0.1) is 0 Å². The predicted octanol–water partition coefficient (Wildman–Crippen LogP) is 3.18. The van der Waals surface area contributed by atoms with Crippen molar-refractivity contribution < 1.29 is 4.79 Å². The van der Waals surface area contributed by atoms with Crippen molar-refractivity contribution in [3.8, 4) is 0 Å². The molecule has 3 nitrogen and oxygen atoms in total. The minimum atomic E-state index is 0.106. The van der Waals surface area contributed by atoms with Crippen molar-refractivity contribution in [2.24, 2.45) is 0 Å². The molecule has 0 amide bonds. The van der Waals surface area contributed by atoms with Crippen molar-refractivity contribution in [1.29, 1.82) is 0 Å². The summed E-state index contributed by atoms with van der Waals surface area (Å²) in [6, 6.07) is 6.45. The Morgan fingerprint density at radius 2 is 2.00 bits per heavy atom. The van der Waals surface area contributed by atoms with Gasteiger partial charge in [-0.15, -0.1) is 0 Å². The quantitative estimate of drug-likeness (QED) is 0.798. The second-order valence-corrected chi connectivity index (χ2v) is 6.22. The zero-order valence-corrected chi connectivity index (χ0v) is 13.4. The van der Waals surface area contributed by atoms with Gasteiger partial charge in [-0.05, 0) is 74.0 Å². The Labute approximate surface area is 123 Å². The van der Waals surface area contributed by atoms with Crippen LogP contribution in [0.5, 0.6) is 0 Å². The van der Waals surface area contributed by atoms with Gasteiger partial charge in [0.05, 0.1) is 5.69 Å². The number of hydrogen-bond donors (Lipinski definition) is 0. The van der Waals surface area contributed by atoms with Crippen molar-refractivity contribution in [3.05, 3.63) is 28.2 Å². The summed E-state index contributed by atoms with van der Waals surface area (Å²) in [4.78, 5) is 16.1. The molecule has 0 unspecified atom stereocenters. The summed E-state index contributed by atoms with van der Waals surface area (Å²) >= 11 is 3.59. The maximum Gasteiger partial charge on any atom is 0.159 e. The molecule has 4 heteroatoms. The molecule has 0 aromatic heterocycles. The first-order valence-corrected chi connectivity index (χ1v) is 7.50. The standard InChI is InChI=1S/C15H21BrN2O/c1-11(19)12-4-5-15(14(16)10-12)18(3)13-6-8-17(2)9-7-13/h4-5,10,13H,6-9H2,1-3H3. The third kappa shape index (κ3) is 3.37. The summed E-state index contributed by atoms with van der Waals surface area (Å²) in [6.45, 7) is 3.90. The highest BCUT2D eigenvalue weighted by molar-refractivity contribution is 9.10. The highest BCUT2D eigenvalue weighted by Crippen LogP contribution is 2.30. The maximum absolute atomic E-state index is 11.4. The predicted molar refractivity (Wildman–Crippen MR) is 83.1 cm³/mol. The van der Waals surface area contributed by atoms with E-state index in [0.717, 1.165) is 23.1 Å². The number of anilines is 1. The molecule has 0 bridgehead atoms. The smallest absolute Gasteiger partial charge is 0.159 e. The van der Waals surface area contributed by atoms with Gasteiger partial charge in [0, 0.05) is 23.1 Å². The van der Waals surface area contributed by atoms with Gasteiger partial charge in [-0.25, -0.2) is 0 Å². The molecule has 0 atom stereocenters. The summed E-state index contributed by atoms with van der Waals surface area (Å²) in [6.07, 6.45) is 2.38. The Bertz CT molecular complexity index is 467. The highest BCUT2D eigenvalue weighted by atomic mass is 79.9. The molecule has 0 N–H and O–H groups in total. The lowest BCUT2D eigenvalue weighted by Crippen LogP contribution is -2.42. The molecule has 1 aliphatic heterocycles. The minimum Gasteiger partial charge on any atom is -0.371 e. The molecule has 1 heterocycles. The van der Waals surface area contributed by atoms with Gasteiger partial charge in [0.1, 0.15) is 0 Å². The summed E-state index contributed by atoms with van der Waals surface area (Å²) in [5.74, 6) is 0.106. The van der Waals surface area contributed by atoms with Crippen molar-refractivity contribution in [2.75, 3.05) is 32.1 Å². The van der Waals surface area contributed by atoms with Crippen molar-refractivity contribution in [2.45, 2.75) is 25.8 Å². The topological polar surface area (TPSA) is 23.6 Å². The van der Waals surface area contributed by atoms with E-state index in [1.54, 1.807) is 6.92 Å². The lowest BCUT2D eigenvalue weighted by Gasteiger charge is -2.36. The van der Waals surface area contributed by atoms with Crippen LogP contribution in [0.3, 0.4) is 0 Å². The third-order valence-corrected chi connectivity index (χ3v) is 4.61. The van der Waals surface area contributed by atoms with E-state index in [2.05, 4.69) is 39.8 Å². The number of nitrogens with zero attached hydrogens (tertiary/aromatic N) is 2. The molecule has 1 fully saturated rings. The Kier molecular flexibility index (Phi) is 4.63. The summed E-state index contributed by atoms with van der Waals surface area (Å²) in [5, 5.41) is 0. The molecule has 1 saturated heterocycles. The van der Waals surface area contributed by atoms with Gasteiger partial charge in [0.25, 0.3) is 0 Å². The second-order valence-electron chi connectivity index (χ2n) is 5.37. The van der Waals surface area contributed by atoms with E-state index in [9.17, 15) is 4.79 Å². The highest BCUT2D eigenvalue weighted by Gasteiger charge is 2.22. The van der Waals surface area contributed by atoms with E-state index < -0.39 is 0 Å². The minimum absolute atomic E-state index is 0.106. The van der Waals surface area contributed by atoms with E-state index in [-0.39, 0.29) is 5.78 Å². The van der Waals surface area contributed by atoms with Crippen LogP contribution in [-0.2, 0) is 0 Å². The summed E-state index contributed by atoms with van der Waals surface area (Å²) in [7, 11) is 4.32. The number of piperidine rings is 1. The Hall–Kier alpha value is -0.870. The monoisotopic (exact) mass is 324 g/mol. The molecule has 0 spiro atoms. The number of carbonyl (C=O) groups excluding carboxylic acids is 1. The van der Waals surface area contributed by atoms with Gasteiger partial charge in [-0.2, -0.15) is 0 Å². The lowest BCUT2D eigenvalue weighted by molar-refractivity contribution is 0.101. The van der Waals surface area contributed by atoms with E-state index in [1.807, 2.05) is 18.2 Å². The van der Waals surface area contributed by atoms with E-state index in [4.69, 9.17) is 0 Å². The Balaban J connectivity index is 2.15. The third-order valence-electron chi connectivity index (χ3n) is 3.97. The van der Waals surface area contributed by atoms with Crippen molar-refractivity contribution in [3.63, 3.8) is 0 Å². The molecule has 2 rings (SSSR count). The largest absolute Gasteiger partial charge is 0.371 e. The SMILES string of the molecule is CC(=O)c1ccc(N(C)C2CCN(C)CC2)c(Br)c1. The van der Waals surface area contributed by atoms with Crippen molar-refractivity contribution in [1.82, 2.24) is 4.90 Å². The number of carbonyl (C=O) groups is 1. The van der Waals surface area contributed by atoms with Crippen LogP contribution >= 0.6 is 15.9 Å². The molecule has 19 heavy (non-hydrogen) atoms. The average Bonchev–Trinajstić information content (AvgIpc) is 2.38. The molecule has 0 saturated carbocycles. The summed E-state index contributed by atoms with van der Waals surface area (Å²) in [5.41, 5.74) is 1.92. The fourth-order valence-electron chi connectivity index (χ4n) is 2.59. The number of ketones is 1. The fraction of sp³-hybridized carbons (Fsp3) is 0.533. The first-order valence-electron chi connectivity index (χ1n) is 6.71. The molecule has 104 valence electrons.